The molecule has 2 heterocycles. The molecule has 0 saturated carbocycles. The summed E-state index contributed by atoms with van der Waals surface area (Å²) >= 11 is 0. The minimum absolute atomic E-state index is 0.105. The smallest absolute Gasteiger partial charge is 0.353 e. The number of nitrogens with two attached hydrogens (primary N) is 1. The van der Waals surface area contributed by atoms with E-state index in [9.17, 15) is 14.5 Å². The minimum Gasteiger partial charge on any atom is -0.378 e. The van der Waals surface area contributed by atoms with Gasteiger partial charge in [0.1, 0.15) is 5.82 Å². The molecule has 1 aliphatic heterocycles. The van der Waals surface area contributed by atoms with Gasteiger partial charge < -0.3 is 16.0 Å². The van der Waals surface area contributed by atoms with Crippen LogP contribution in [0.4, 0.5) is 33.3 Å². The maximum atomic E-state index is 13.3. The summed E-state index contributed by atoms with van der Waals surface area (Å²) in [4.78, 5) is 21.0. The first-order chi connectivity index (χ1) is 12.0. The van der Waals surface area contributed by atoms with Crippen molar-refractivity contribution >= 4 is 29.0 Å². The minimum atomic E-state index is -0.554. The first-order valence-electron chi connectivity index (χ1n) is 8.14. The van der Waals surface area contributed by atoms with Gasteiger partial charge in [0.2, 0.25) is 17.6 Å². The monoisotopic (exact) mass is 346 g/mol. The zero-order valence-corrected chi connectivity index (χ0v) is 13.6. The number of hydrogen-bond donors (Lipinski definition) is 2. The molecule has 132 valence electrons. The first-order valence-corrected chi connectivity index (χ1v) is 8.14. The van der Waals surface area contributed by atoms with Crippen molar-refractivity contribution in [1.82, 2.24) is 9.97 Å². The summed E-state index contributed by atoms with van der Waals surface area (Å²) in [5, 5.41) is 14.3. The quantitative estimate of drug-likeness (QED) is 0.646. The van der Waals surface area contributed by atoms with Gasteiger partial charge in [0.15, 0.2) is 0 Å². The molecule has 2 aromatic rings. The molecule has 0 radical (unpaired) electrons. The van der Waals surface area contributed by atoms with Crippen LogP contribution >= 0.6 is 0 Å². The molecule has 0 atom stereocenters. The number of anilines is 4. The summed E-state index contributed by atoms with van der Waals surface area (Å²) in [6, 6.07) is 5.79. The van der Waals surface area contributed by atoms with Crippen molar-refractivity contribution in [2.45, 2.75) is 25.7 Å². The second-order valence-corrected chi connectivity index (χ2v) is 5.90. The van der Waals surface area contributed by atoms with Crippen molar-refractivity contribution < 1.29 is 9.31 Å². The molecule has 9 heteroatoms. The highest BCUT2D eigenvalue weighted by atomic mass is 19.1. The summed E-state index contributed by atoms with van der Waals surface area (Å²) < 4.78 is 13.3. The summed E-state index contributed by atoms with van der Waals surface area (Å²) in [6.07, 6.45) is 4.04. The molecule has 1 fully saturated rings. The first kappa shape index (κ1) is 16.9. The number of nitrogens with zero attached hydrogens (tertiary/aromatic N) is 4. The Bertz CT molecular complexity index is 777. The SMILES string of the molecule is Nc1nc(Nc2cccc(F)c2)nc(N2CCCCCC2)c1[N+](=O)[O-]. The van der Waals surface area contributed by atoms with Gasteiger partial charge in [-0.05, 0) is 31.0 Å². The van der Waals surface area contributed by atoms with Crippen molar-refractivity contribution in [3.05, 3.63) is 40.2 Å². The van der Waals surface area contributed by atoms with E-state index in [0.29, 0.717) is 18.8 Å². The fourth-order valence-electron chi connectivity index (χ4n) is 2.89. The summed E-state index contributed by atoms with van der Waals surface area (Å²) in [5.41, 5.74) is 5.97. The molecule has 3 rings (SSSR count). The molecular formula is C16H19FN6O2. The molecule has 0 unspecified atom stereocenters. The van der Waals surface area contributed by atoms with Gasteiger partial charge in [-0.25, -0.2) is 4.39 Å². The zero-order valence-electron chi connectivity index (χ0n) is 13.6. The van der Waals surface area contributed by atoms with Crippen molar-refractivity contribution in [3.8, 4) is 0 Å². The van der Waals surface area contributed by atoms with Crippen LogP contribution in [0.5, 0.6) is 0 Å². The van der Waals surface area contributed by atoms with Crippen LogP contribution in [0.3, 0.4) is 0 Å². The van der Waals surface area contributed by atoms with Crippen LogP contribution in [-0.4, -0.2) is 28.0 Å². The fourth-order valence-corrected chi connectivity index (χ4v) is 2.89. The lowest BCUT2D eigenvalue weighted by Gasteiger charge is -2.22. The Kier molecular flexibility index (Phi) is 4.92. The number of hydrogen-bond acceptors (Lipinski definition) is 7. The van der Waals surface area contributed by atoms with Crippen LogP contribution < -0.4 is 16.0 Å². The van der Waals surface area contributed by atoms with Crippen molar-refractivity contribution in [3.63, 3.8) is 0 Å². The number of benzene rings is 1. The summed E-state index contributed by atoms with van der Waals surface area (Å²) in [7, 11) is 0. The van der Waals surface area contributed by atoms with Gasteiger partial charge in [-0.1, -0.05) is 18.9 Å². The Morgan fingerprint density at radius 1 is 1.20 bits per heavy atom. The number of nitrogen functional groups attached to an aromatic ring is 1. The number of nitro groups is 1. The Hall–Kier alpha value is -2.97. The second kappa shape index (κ2) is 7.29. The molecule has 25 heavy (non-hydrogen) atoms. The molecule has 0 aliphatic carbocycles. The predicted molar refractivity (Wildman–Crippen MR) is 93.5 cm³/mol. The van der Waals surface area contributed by atoms with E-state index in [0.717, 1.165) is 25.7 Å². The van der Waals surface area contributed by atoms with Gasteiger partial charge in [-0.2, -0.15) is 9.97 Å². The Morgan fingerprint density at radius 3 is 2.56 bits per heavy atom. The molecule has 0 amide bonds. The van der Waals surface area contributed by atoms with Gasteiger partial charge in [0.25, 0.3) is 0 Å². The van der Waals surface area contributed by atoms with Crippen molar-refractivity contribution in [2.24, 2.45) is 0 Å². The topological polar surface area (TPSA) is 110 Å². The highest BCUT2D eigenvalue weighted by molar-refractivity contribution is 5.72. The van der Waals surface area contributed by atoms with Gasteiger partial charge >= 0.3 is 5.69 Å². The molecule has 0 bridgehead atoms. The maximum absolute atomic E-state index is 13.3. The molecule has 1 saturated heterocycles. The third-order valence-electron chi connectivity index (χ3n) is 4.06. The number of aromatic nitrogens is 2. The zero-order chi connectivity index (χ0) is 17.8. The third-order valence-corrected chi connectivity index (χ3v) is 4.06. The molecule has 1 aromatic carbocycles. The summed E-state index contributed by atoms with van der Waals surface area (Å²) in [5.74, 6) is -0.308. The number of rotatable bonds is 4. The Balaban J connectivity index is 1.98. The van der Waals surface area contributed by atoms with Crippen LogP contribution in [0.25, 0.3) is 0 Å². The average Bonchev–Trinajstić information content (AvgIpc) is 2.83. The Labute approximate surface area is 144 Å². The van der Waals surface area contributed by atoms with Crippen LogP contribution in [-0.2, 0) is 0 Å². The van der Waals surface area contributed by atoms with Crippen LogP contribution in [0.15, 0.2) is 24.3 Å². The molecular weight excluding hydrogens is 327 g/mol. The fraction of sp³-hybridized carbons (Fsp3) is 0.375. The van der Waals surface area contributed by atoms with E-state index in [1.54, 1.807) is 12.1 Å². The van der Waals surface area contributed by atoms with Gasteiger partial charge in [0.05, 0.1) is 4.92 Å². The molecule has 3 N–H and O–H groups in total. The standard InChI is InChI=1S/C16H19FN6O2/c17-11-6-5-7-12(10-11)19-16-20-14(18)13(23(24)25)15(21-16)22-8-3-1-2-4-9-22/h5-7,10H,1-4,8-9H2,(H3,18,19,20,21). The van der Waals surface area contributed by atoms with Gasteiger partial charge in [-0.15, -0.1) is 0 Å². The molecule has 1 aromatic heterocycles. The van der Waals surface area contributed by atoms with E-state index in [-0.39, 0.29) is 23.3 Å². The van der Waals surface area contributed by atoms with Crippen molar-refractivity contribution in [1.29, 1.82) is 0 Å². The lowest BCUT2D eigenvalue weighted by atomic mass is 10.2. The second-order valence-electron chi connectivity index (χ2n) is 5.90. The molecule has 8 nitrogen and oxygen atoms in total. The largest absolute Gasteiger partial charge is 0.378 e. The molecule has 0 spiro atoms. The van der Waals surface area contributed by atoms with Crippen LogP contribution in [0.1, 0.15) is 25.7 Å². The summed E-state index contributed by atoms with van der Waals surface area (Å²) in [6.45, 7) is 1.35. The van der Waals surface area contributed by atoms with E-state index in [2.05, 4.69) is 15.3 Å². The van der Waals surface area contributed by atoms with E-state index in [4.69, 9.17) is 5.73 Å². The highest BCUT2D eigenvalue weighted by Gasteiger charge is 2.27. The van der Waals surface area contributed by atoms with Gasteiger partial charge in [-0.3, -0.25) is 10.1 Å². The predicted octanol–water partition coefficient (Wildman–Crippen LogP) is 3.23. The van der Waals surface area contributed by atoms with E-state index >= 15 is 0 Å². The van der Waals surface area contributed by atoms with E-state index < -0.39 is 10.7 Å². The van der Waals surface area contributed by atoms with E-state index in [1.807, 2.05) is 4.90 Å². The Morgan fingerprint density at radius 2 is 1.92 bits per heavy atom. The van der Waals surface area contributed by atoms with E-state index in [1.165, 1.54) is 12.1 Å². The lowest BCUT2D eigenvalue weighted by Crippen LogP contribution is -2.26. The lowest BCUT2D eigenvalue weighted by molar-refractivity contribution is -0.383. The van der Waals surface area contributed by atoms with Crippen LogP contribution in [0, 0.1) is 15.9 Å². The average molecular weight is 346 g/mol. The maximum Gasteiger partial charge on any atom is 0.353 e. The van der Waals surface area contributed by atoms with Crippen molar-refractivity contribution in [2.75, 3.05) is 29.0 Å². The van der Waals surface area contributed by atoms with Crippen LogP contribution in [0.2, 0.25) is 0 Å². The third kappa shape index (κ3) is 3.93. The normalized spacial score (nSPS) is 14.8. The highest BCUT2D eigenvalue weighted by Crippen LogP contribution is 2.33. The number of halogens is 1. The number of nitrogens with one attached hydrogen (secondary N) is 1. The van der Waals surface area contributed by atoms with Gasteiger partial charge in [0, 0.05) is 18.8 Å². The molecule has 1 aliphatic rings.